The Labute approximate surface area is 424 Å². The zero-order valence-corrected chi connectivity index (χ0v) is 44.7. The molecule has 1 saturated carbocycles. The van der Waals surface area contributed by atoms with Crippen LogP contribution in [0.4, 0.5) is 0 Å². The van der Waals surface area contributed by atoms with Crippen molar-refractivity contribution in [2.24, 2.45) is 0 Å². The molecule has 0 heterocycles. The molecule has 14 heteroatoms. The van der Waals surface area contributed by atoms with Crippen molar-refractivity contribution >= 4 is 19.8 Å². The van der Waals surface area contributed by atoms with Crippen LogP contribution in [0.25, 0.3) is 0 Å². The Balaban J connectivity index is 2.35. The van der Waals surface area contributed by atoms with Crippen molar-refractivity contribution in [3.8, 4) is 0 Å². The van der Waals surface area contributed by atoms with E-state index in [0.29, 0.717) is 12.8 Å². The number of rotatable bonds is 47. The predicted molar refractivity (Wildman–Crippen MR) is 281 cm³/mol. The van der Waals surface area contributed by atoms with Gasteiger partial charge in [-0.1, -0.05) is 223 Å². The number of unbranched alkanes of at least 4 members (excludes halogenated alkanes) is 27. The number of hydrogen-bond acceptors (Lipinski definition) is 12. The summed E-state index contributed by atoms with van der Waals surface area (Å²) in [6.07, 6.45) is 42.9. The minimum atomic E-state index is -5.13. The molecule has 13 nitrogen and oxygen atoms in total. The van der Waals surface area contributed by atoms with Crippen LogP contribution >= 0.6 is 7.82 Å². The Morgan fingerprint density at radius 3 is 1.24 bits per heavy atom. The third-order valence-electron chi connectivity index (χ3n) is 12.9. The van der Waals surface area contributed by atoms with Crippen LogP contribution in [-0.4, -0.2) is 98.3 Å². The molecule has 6 atom stereocenters. The van der Waals surface area contributed by atoms with Crippen LogP contribution in [0.15, 0.2) is 48.6 Å². The second kappa shape index (κ2) is 45.4. The van der Waals surface area contributed by atoms with E-state index < -0.39 is 75.7 Å². The second-order valence-corrected chi connectivity index (χ2v) is 20.8. The van der Waals surface area contributed by atoms with Gasteiger partial charge in [-0.3, -0.25) is 18.6 Å². The molecule has 408 valence electrons. The van der Waals surface area contributed by atoms with Gasteiger partial charge in [0.25, 0.3) is 0 Å². The molecule has 6 unspecified atom stereocenters. The number of phosphoric acid groups is 1. The summed E-state index contributed by atoms with van der Waals surface area (Å²) >= 11 is 0. The summed E-state index contributed by atoms with van der Waals surface area (Å²) in [7, 11) is -5.13. The van der Waals surface area contributed by atoms with Gasteiger partial charge >= 0.3 is 19.8 Å². The highest BCUT2D eigenvalue weighted by atomic mass is 31.2. The lowest BCUT2D eigenvalue weighted by atomic mass is 9.85. The lowest BCUT2D eigenvalue weighted by molar-refractivity contribution is -0.220. The fourth-order valence-corrected chi connectivity index (χ4v) is 9.49. The number of allylic oxidation sites excluding steroid dienone is 8. The zero-order chi connectivity index (χ0) is 51.3. The second-order valence-electron chi connectivity index (χ2n) is 19.4. The Kier molecular flexibility index (Phi) is 42.7. The van der Waals surface area contributed by atoms with Crippen LogP contribution in [0, 0.1) is 0 Å². The molecule has 0 aromatic carbocycles. The smallest absolute Gasteiger partial charge is 0.462 e. The number of ether oxygens (including phenoxy) is 2. The monoisotopic (exact) mass is 1010 g/mol. The Morgan fingerprint density at radius 2 is 0.814 bits per heavy atom. The van der Waals surface area contributed by atoms with Gasteiger partial charge in [-0.2, -0.15) is 0 Å². The summed E-state index contributed by atoms with van der Waals surface area (Å²) < 4.78 is 33.7. The summed E-state index contributed by atoms with van der Waals surface area (Å²) in [5.41, 5.74) is 0. The molecule has 0 bridgehead atoms. The van der Waals surface area contributed by atoms with Crippen LogP contribution in [0.2, 0.25) is 0 Å². The first-order valence-electron chi connectivity index (χ1n) is 27.9. The van der Waals surface area contributed by atoms with Crippen LogP contribution in [-0.2, 0) is 32.7 Å². The van der Waals surface area contributed by atoms with Gasteiger partial charge in [0.15, 0.2) is 6.10 Å². The molecule has 1 fully saturated rings. The average Bonchev–Trinajstić information content (AvgIpc) is 3.34. The number of phosphoric ester groups is 1. The van der Waals surface area contributed by atoms with E-state index >= 15 is 0 Å². The van der Waals surface area contributed by atoms with Gasteiger partial charge in [0.1, 0.15) is 43.2 Å². The van der Waals surface area contributed by atoms with Crippen molar-refractivity contribution in [3.05, 3.63) is 48.6 Å². The molecule has 0 aromatic heterocycles. The van der Waals surface area contributed by atoms with E-state index in [1.807, 2.05) is 0 Å². The van der Waals surface area contributed by atoms with Gasteiger partial charge in [0.2, 0.25) is 0 Å². The van der Waals surface area contributed by atoms with Gasteiger partial charge in [0, 0.05) is 12.8 Å². The molecular weight excluding hydrogens is 912 g/mol. The molecule has 0 saturated heterocycles. The minimum absolute atomic E-state index is 0.0921. The molecule has 0 aliphatic heterocycles. The van der Waals surface area contributed by atoms with E-state index in [1.165, 1.54) is 122 Å². The highest BCUT2D eigenvalue weighted by molar-refractivity contribution is 7.47. The average molecular weight is 1010 g/mol. The van der Waals surface area contributed by atoms with E-state index in [-0.39, 0.29) is 12.8 Å². The van der Waals surface area contributed by atoms with E-state index in [2.05, 4.69) is 62.5 Å². The molecule has 0 amide bonds. The first-order valence-corrected chi connectivity index (χ1v) is 29.4. The summed E-state index contributed by atoms with van der Waals surface area (Å²) in [6.45, 7) is 3.23. The van der Waals surface area contributed by atoms with Gasteiger partial charge in [0.05, 0.1) is 6.61 Å². The standard InChI is InChI=1S/C56H101O13P/c1-3-5-7-9-11-13-15-17-19-21-23-24-25-26-27-29-31-33-35-37-39-41-43-45-50(58)68-48(47-67-70(64,65)69-56-54(62)52(60)51(59)53(61)55(56)63)46-66-49(57)44-42-40-38-36-34-32-30-28-22-20-18-16-14-12-10-8-6-4-2/h5,7,11,13,17,19,23-24,48,51-56,59-63H,3-4,6,8-10,12,14-16,18,20-22,25-47H2,1-2H3,(H,64,65)/b7-5-,13-11-,19-17-,24-23-. The normalized spacial score (nSPS) is 21.1. The SMILES string of the molecule is CC/C=C\C/C=C\C/C=C\C/C=C\CCCCCCCCCCCCC(=O)OC(COC(=O)CCCCCCCCCCCCCCCCCCCC)COP(=O)(O)OC1C(O)C(O)C(O)C(O)C1O. The molecule has 0 aromatic rings. The number of aliphatic hydroxyl groups excluding tert-OH is 5. The van der Waals surface area contributed by atoms with E-state index in [4.69, 9.17) is 18.5 Å². The Morgan fingerprint density at radius 1 is 0.457 bits per heavy atom. The van der Waals surface area contributed by atoms with Crippen molar-refractivity contribution in [1.29, 1.82) is 0 Å². The first kappa shape index (κ1) is 65.8. The van der Waals surface area contributed by atoms with Gasteiger partial charge in [-0.05, 0) is 51.4 Å². The van der Waals surface area contributed by atoms with Crippen LogP contribution < -0.4 is 0 Å². The fraction of sp³-hybridized carbons (Fsp3) is 0.821. The lowest BCUT2D eigenvalue weighted by Crippen LogP contribution is -2.64. The number of hydrogen-bond donors (Lipinski definition) is 6. The third-order valence-corrected chi connectivity index (χ3v) is 13.9. The van der Waals surface area contributed by atoms with Gasteiger partial charge in [-0.15, -0.1) is 0 Å². The molecule has 0 spiro atoms. The minimum Gasteiger partial charge on any atom is -0.462 e. The molecule has 70 heavy (non-hydrogen) atoms. The molecule has 6 N–H and O–H groups in total. The number of aliphatic hydroxyl groups is 5. The van der Waals surface area contributed by atoms with Crippen LogP contribution in [0.1, 0.15) is 239 Å². The van der Waals surface area contributed by atoms with Crippen LogP contribution in [0.5, 0.6) is 0 Å². The summed E-state index contributed by atoms with van der Waals surface area (Å²) in [5.74, 6) is -1.09. The fourth-order valence-electron chi connectivity index (χ4n) is 8.52. The largest absolute Gasteiger partial charge is 0.472 e. The molecule has 1 aliphatic rings. The van der Waals surface area contributed by atoms with Crippen molar-refractivity contribution in [1.82, 2.24) is 0 Å². The van der Waals surface area contributed by atoms with Crippen LogP contribution in [0.3, 0.4) is 0 Å². The summed E-state index contributed by atoms with van der Waals surface area (Å²) in [4.78, 5) is 35.9. The zero-order valence-electron chi connectivity index (χ0n) is 43.8. The number of carbonyl (C=O) groups is 2. The third kappa shape index (κ3) is 36.7. The van der Waals surface area contributed by atoms with Crippen molar-refractivity contribution in [3.63, 3.8) is 0 Å². The highest BCUT2D eigenvalue weighted by Crippen LogP contribution is 2.47. The van der Waals surface area contributed by atoms with Crippen molar-refractivity contribution in [2.75, 3.05) is 13.2 Å². The highest BCUT2D eigenvalue weighted by Gasteiger charge is 2.51. The van der Waals surface area contributed by atoms with E-state index in [1.54, 1.807) is 0 Å². The maximum absolute atomic E-state index is 12.9. The van der Waals surface area contributed by atoms with Gasteiger partial charge in [-0.25, -0.2) is 4.57 Å². The van der Waals surface area contributed by atoms with Crippen molar-refractivity contribution in [2.45, 2.75) is 281 Å². The number of carbonyl (C=O) groups excluding carboxylic acids is 2. The number of esters is 2. The topological polar surface area (TPSA) is 210 Å². The Hall–Kier alpha value is -2.19. The Bertz CT molecular complexity index is 1400. The lowest BCUT2D eigenvalue weighted by Gasteiger charge is -2.41. The summed E-state index contributed by atoms with van der Waals surface area (Å²) in [6, 6.07) is 0. The maximum atomic E-state index is 12.9. The molecule has 1 rings (SSSR count). The quantitative estimate of drug-likeness (QED) is 0.0145. The van der Waals surface area contributed by atoms with E-state index in [0.717, 1.165) is 77.0 Å². The molecular formula is C56H101O13P. The predicted octanol–water partition coefficient (Wildman–Crippen LogP) is 12.7. The van der Waals surface area contributed by atoms with Gasteiger partial charge < -0.3 is 39.9 Å². The molecule has 1 aliphatic carbocycles. The molecule has 0 radical (unpaired) electrons. The van der Waals surface area contributed by atoms with Crippen molar-refractivity contribution < 1.29 is 63.1 Å². The first-order chi connectivity index (χ1) is 33.9. The van der Waals surface area contributed by atoms with E-state index in [9.17, 15) is 44.6 Å². The maximum Gasteiger partial charge on any atom is 0.472 e. The summed E-state index contributed by atoms with van der Waals surface area (Å²) in [5, 5.41) is 50.4.